The quantitative estimate of drug-likeness (QED) is 0.475. The molecule has 1 heterocycles. The Morgan fingerprint density at radius 3 is 2.56 bits per heavy atom. The van der Waals surface area contributed by atoms with E-state index in [2.05, 4.69) is 22.9 Å². The van der Waals surface area contributed by atoms with E-state index in [0.717, 1.165) is 17.4 Å². The summed E-state index contributed by atoms with van der Waals surface area (Å²) in [5.41, 5.74) is 2.47. The van der Waals surface area contributed by atoms with Gasteiger partial charge in [0.1, 0.15) is 11.5 Å². The highest BCUT2D eigenvalue weighted by Gasteiger charge is 2.10. The molecular formula is C22H16ClNO3. The molecule has 0 saturated carbocycles. The first-order valence-electron chi connectivity index (χ1n) is 8.44. The van der Waals surface area contributed by atoms with Crippen LogP contribution in [0.25, 0.3) is 10.9 Å². The fourth-order valence-corrected chi connectivity index (χ4v) is 3.22. The van der Waals surface area contributed by atoms with Crippen LogP contribution in [0, 0.1) is 0 Å². The molecule has 0 saturated heterocycles. The third-order valence-corrected chi connectivity index (χ3v) is 4.64. The molecule has 0 fully saturated rings. The van der Waals surface area contributed by atoms with Crippen molar-refractivity contribution in [2.45, 2.75) is 6.54 Å². The first-order chi connectivity index (χ1) is 13.1. The Morgan fingerprint density at radius 2 is 1.81 bits per heavy atom. The molecule has 0 unspecified atom stereocenters. The van der Waals surface area contributed by atoms with E-state index >= 15 is 0 Å². The molecule has 5 heteroatoms. The van der Waals surface area contributed by atoms with Gasteiger partial charge in [-0.05, 0) is 48.0 Å². The van der Waals surface area contributed by atoms with Crippen LogP contribution in [0.2, 0.25) is 5.02 Å². The van der Waals surface area contributed by atoms with E-state index in [9.17, 15) is 4.79 Å². The van der Waals surface area contributed by atoms with E-state index in [1.165, 1.54) is 17.7 Å². The van der Waals surface area contributed by atoms with Crippen molar-refractivity contribution < 1.29 is 14.6 Å². The number of aromatic nitrogens is 1. The van der Waals surface area contributed by atoms with Crippen LogP contribution in [0.3, 0.4) is 0 Å². The molecule has 4 nitrogen and oxygen atoms in total. The predicted octanol–water partition coefficient (Wildman–Crippen LogP) is 5.83. The Labute approximate surface area is 161 Å². The summed E-state index contributed by atoms with van der Waals surface area (Å²) in [6, 6.07) is 22.6. The highest BCUT2D eigenvalue weighted by Crippen LogP contribution is 2.32. The number of carboxylic acid groups (broad SMARTS) is 1. The fourth-order valence-electron chi connectivity index (χ4n) is 3.00. The Bertz CT molecular complexity index is 1120. The fraction of sp³-hybridized carbons (Fsp3) is 0.0455. The van der Waals surface area contributed by atoms with Gasteiger partial charge in [-0.25, -0.2) is 4.79 Å². The molecule has 0 amide bonds. The van der Waals surface area contributed by atoms with Crippen molar-refractivity contribution in [2.75, 3.05) is 0 Å². The van der Waals surface area contributed by atoms with Crippen molar-refractivity contribution in [1.82, 2.24) is 4.57 Å². The maximum atomic E-state index is 11.0. The maximum absolute atomic E-state index is 11.0. The lowest BCUT2D eigenvalue weighted by Crippen LogP contribution is -1.97. The summed E-state index contributed by atoms with van der Waals surface area (Å²) in [6.07, 6.45) is 2.05. The van der Waals surface area contributed by atoms with E-state index in [4.69, 9.17) is 21.4 Å². The largest absolute Gasteiger partial charge is 0.478 e. The van der Waals surface area contributed by atoms with Crippen molar-refractivity contribution in [3.05, 3.63) is 95.1 Å². The Kier molecular flexibility index (Phi) is 4.57. The van der Waals surface area contributed by atoms with E-state index in [-0.39, 0.29) is 10.6 Å². The molecule has 1 N–H and O–H groups in total. The monoisotopic (exact) mass is 377 g/mol. The van der Waals surface area contributed by atoms with Crippen LogP contribution in [0.5, 0.6) is 11.5 Å². The zero-order valence-electron chi connectivity index (χ0n) is 14.3. The third-order valence-electron chi connectivity index (χ3n) is 4.34. The number of carboxylic acids is 1. The molecule has 27 heavy (non-hydrogen) atoms. The number of rotatable bonds is 5. The van der Waals surface area contributed by atoms with Gasteiger partial charge in [0.15, 0.2) is 0 Å². The van der Waals surface area contributed by atoms with Gasteiger partial charge in [-0.3, -0.25) is 0 Å². The summed E-state index contributed by atoms with van der Waals surface area (Å²) in [5.74, 6) is 0.0410. The van der Waals surface area contributed by atoms with Gasteiger partial charge in [-0.2, -0.15) is 0 Å². The van der Waals surface area contributed by atoms with Gasteiger partial charge in [0.2, 0.25) is 0 Å². The lowest BCUT2D eigenvalue weighted by molar-refractivity contribution is 0.0697. The molecular weight excluding hydrogens is 362 g/mol. The van der Waals surface area contributed by atoms with Crippen LogP contribution in [-0.4, -0.2) is 15.6 Å². The molecule has 0 atom stereocenters. The first kappa shape index (κ1) is 17.2. The van der Waals surface area contributed by atoms with Crippen LogP contribution in [0.1, 0.15) is 15.9 Å². The van der Waals surface area contributed by atoms with Crippen molar-refractivity contribution in [3.8, 4) is 11.5 Å². The molecule has 0 radical (unpaired) electrons. The molecule has 4 rings (SSSR count). The molecule has 3 aromatic carbocycles. The molecule has 134 valence electrons. The maximum Gasteiger partial charge on any atom is 0.335 e. The average Bonchev–Trinajstić information content (AvgIpc) is 3.06. The smallest absolute Gasteiger partial charge is 0.335 e. The molecule has 0 spiro atoms. The highest BCUT2D eigenvalue weighted by molar-refractivity contribution is 6.32. The van der Waals surface area contributed by atoms with Crippen molar-refractivity contribution in [1.29, 1.82) is 0 Å². The Morgan fingerprint density at radius 1 is 1.00 bits per heavy atom. The summed E-state index contributed by atoms with van der Waals surface area (Å²) in [4.78, 5) is 11.0. The number of halogens is 1. The van der Waals surface area contributed by atoms with E-state index in [0.29, 0.717) is 11.5 Å². The number of aromatic carboxylic acids is 1. The SMILES string of the molecule is O=C(O)c1ccc(Oc2ccc3c(ccn3Cc3ccccc3)c2)c(Cl)c1. The van der Waals surface area contributed by atoms with Gasteiger partial charge in [-0.15, -0.1) is 0 Å². The normalized spacial score (nSPS) is 10.9. The zero-order valence-corrected chi connectivity index (χ0v) is 15.1. The predicted molar refractivity (Wildman–Crippen MR) is 106 cm³/mol. The number of carbonyl (C=O) groups is 1. The van der Waals surface area contributed by atoms with Crippen LogP contribution >= 0.6 is 11.6 Å². The van der Waals surface area contributed by atoms with Crippen LogP contribution in [-0.2, 0) is 6.54 Å². The highest BCUT2D eigenvalue weighted by atomic mass is 35.5. The molecule has 1 aromatic heterocycles. The number of hydrogen-bond donors (Lipinski definition) is 1. The number of benzene rings is 3. The number of fused-ring (bicyclic) bond motifs is 1. The van der Waals surface area contributed by atoms with Gasteiger partial charge in [0.05, 0.1) is 10.6 Å². The second-order valence-electron chi connectivity index (χ2n) is 6.20. The Hall–Kier alpha value is -3.24. The molecule has 0 bridgehead atoms. The average molecular weight is 378 g/mol. The van der Waals surface area contributed by atoms with Gasteiger partial charge >= 0.3 is 5.97 Å². The van der Waals surface area contributed by atoms with Crippen LogP contribution < -0.4 is 4.74 Å². The van der Waals surface area contributed by atoms with Gasteiger partial charge in [0, 0.05) is 23.6 Å². The van der Waals surface area contributed by atoms with Crippen LogP contribution in [0.15, 0.2) is 79.0 Å². The molecule has 0 aliphatic carbocycles. The molecule has 0 aliphatic heterocycles. The number of ether oxygens (including phenoxy) is 1. The number of nitrogens with zero attached hydrogens (tertiary/aromatic N) is 1. The summed E-state index contributed by atoms with van der Waals surface area (Å²) in [6.45, 7) is 0.799. The second-order valence-corrected chi connectivity index (χ2v) is 6.61. The molecule has 0 aliphatic rings. The minimum absolute atomic E-state index is 0.126. The lowest BCUT2D eigenvalue weighted by atomic mass is 10.2. The van der Waals surface area contributed by atoms with Crippen LogP contribution in [0.4, 0.5) is 0 Å². The van der Waals surface area contributed by atoms with E-state index in [1.54, 1.807) is 6.07 Å². The summed E-state index contributed by atoms with van der Waals surface area (Å²) in [5, 5.41) is 10.3. The molecule has 4 aromatic rings. The lowest BCUT2D eigenvalue weighted by Gasteiger charge is -2.09. The van der Waals surface area contributed by atoms with E-state index in [1.807, 2.05) is 42.5 Å². The standard InChI is InChI=1S/C22H16ClNO3/c23-19-13-17(22(25)26)6-9-21(19)27-18-7-8-20-16(12-18)10-11-24(20)14-15-4-2-1-3-5-15/h1-13H,14H2,(H,25,26). The minimum Gasteiger partial charge on any atom is -0.478 e. The first-order valence-corrected chi connectivity index (χ1v) is 8.81. The van der Waals surface area contributed by atoms with Crippen molar-refractivity contribution in [2.24, 2.45) is 0 Å². The summed E-state index contributed by atoms with van der Waals surface area (Å²) >= 11 is 6.14. The van der Waals surface area contributed by atoms with E-state index < -0.39 is 5.97 Å². The van der Waals surface area contributed by atoms with Crippen molar-refractivity contribution >= 4 is 28.5 Å². The summed E-state index contributed by atoms with van der Waals surface area (Å²) < 4.78 is 8.03. The second kappa shape index (κ2) is 7.17. The topological polar surface area (TPSA) is 51.5 Å². The Balaban J connectivity index is 1.58. The van der Waals surface area contributed by atoms with Gasteiger partial charge in [-0.1, -0.05) is 41.9 Å². The minimum atomic E-state index is -1.02. The third kappa shape index (κ3) is 3.66. The van der Waals surface area contributed by atoms with Crippen molar-refractivity contribution in [3.63, 3.8) is 0 Å². The van der Waals surface area contributed by atoms with Gasteiger partial charge in [0.25, 0.3) is 0 Å². The zero-order chi connectivity index (χ0) is 18.8. The number of hydrogen-bond acceptors (Lipinski definition) is 2. The van der Waals surface area contributed by atoms with Gasteiger partial charge < -0.3 is 14.4 Å². The summed E-state index contributed by atoms with van der Waals surface area (Å²) in [7, 11) is 0.